The van der Waals surface area contributed by atoms with Crippen LogP contribution in [0.25, 0.3) is 22.1 Å². The summed E-state index contributed by atoms with van der Waals surface area (Å²) >= 11 is 0. The van der Waals surface area contributed by atoms with Gasteiger partial charge in [-0.1, -0.05) is 0 Å². The quantitative estimate of drug-likeness (QED) is 0.787. The number of hydrogen-bond donors (Lipinski definition) is 1. The molecule has 0 bridgehead atoms. The van der Waals surface area contributed by atoms with E-state index >= 15 is 0 Å². The van der Waals surface area contributed by atoms with Crippen molar-refractivity contribution in [2.24, 2.45) is 0 Å². The third kappa shape index (κ3) is 1.94. The fourth-order valence-corrected chi connectivity index (χ4v) is 3.70. The van der Waals surface area contributed by atoms with Crippen molar-refractivity contribution in [2.45, 2.75) is 25.5 Å². The van der Waals surface area contributed by atoms with Gasteiger partial charge in [-0.05, 0) is 26.5 Å². The van der Waals surface area contributed by atoms with E-state index < -0.39 is 0 Å². The van der Waals surface area contributed by atoms with Crippen molar-refractivity contribution in [3.8, 4) is 0 Å². The summed E-state index contributed by atoms with van der Waals surface area (Å²) in [6.07, 6.45) is 5.04. The van der Waals surface area contributed by atoms with Gasteiger partial charge in [-0.25, -0.2) is 9.97 Å². The lowest BCUT2D eigenvalue weighted by Crippen LogP contribution is -2.43. The predicted octanol–water partition coefficient (Wildman–Crippen LogP) is 2.11. The molecule has 0 spiro atoms. The molecule has 0 saturated carbocycles. The first-order chi connectivity index (χ1) is 10.7. The number of likely N-dealkylation sites (N-methyl/N-ethyl adjacent to an activating group) is 1. The Kier molecular flexibility index (Phi) is 3.16. The molecule has 4 rings (SSSR count). The second-order valence-electron chi connectivity index (χ2n) is 6.15. The lowest BCUT2D eigenvalue weighted by atomic mass is 10.0. The molecular formula is C16H21N5O. The Hall–Kier alpha value is -1.92. The Morgan fingerprint density at radius 2 is 2.27 bits per heavy atom. The summed E-state index contributed by atoms with van der Waals surface area (Å²) in [5, 5.41) is 1.13. The maximum Gasteiger partial charge on any atom is 0.139 e. The third-order valence-electron chi connectivity index (χ3n) is 4.77. The molecule has 0 aromatic carbocycles. The second kappa shape index (κ2) is 5.07. The number of nitrogens with one attached hydrogen (secondary N) is 1. The van der Waals surface area contributed by atoms with Crippen molar-refractivity contribution in [2.75, 3.05) is 27.2 Å². The highest BCUT2D eigenvalue weighted by Crippen LogP contribution is 2.32. The minimum atomic E-state index is 0.178. The number of likely N-dealkylation sites (tertiary alicyclic amines) is 1. The summed E-state index contributed by atoms with van der Waals surface area (Å²) in [4.78, 5) is 14.7. The van der Waals surface area contributed by atoms with Gasteiger partial charge < -0.3 is 19.2 Å². The predicted molar refractivity (Wildman–Crippen MR) is 86.1 cm³/mol. The summed E-state index contributed by atoms with van der Waals surface area (Å²) in [6, 6.07) is 2.39. The van der Waals surface area contributed by atoms with E-state index in [-0.39, 0.29) is 6.10 Å². The van der Waals surface area contributed by atoms with Gasteiger partial charge in [0.15, 0.2) is 0 Å². The standard InChI is InChI=1S/C16H21N5O/c1-10-19-12-8-18-16-11(4-6-17-16)15(12)21(10)13-5-7-20(2)9-14(13)22-3/h4,6,8,13-14H,5,7,9H2,1-3H3,(H,17,18). The molecule has 6 nitrogen and oxygen atoms in total. The van der Waals surface area contributed by atoms with E-state index in [0.29, 0.717) is 6.04 Å². The molecule has 0 radical (unpaired) electrons. The molecule has 1 saturated heterocycles. The van der Waals surface area contributed by atoms with Crippen LogP contribution in [-0.2, 0) is 4.74 Å². The monoisotopic (exact) mass is 299 g/mol. The Morgan fingerprint density at radius 3 is 3.09 bits per heavy atom. The van der Waals surface area contributed by atoms with Gasteiger partial charge in [0.1, 0.15) is 17.0 Å². The van der Waals surface area contributed by atoms with Crippen LogP contribution >= 0.6 is 0 Å². The lowest BCUT2D eigenvalue weighted by Gasteiger charge is -2.37. The molecule has 1 aliphatic heterocycles. The van der Waals surface area contributed by atoms with Crippen molar-refractivity contribution in [1.29, 1.82) is 0 Å². The van der Waals surface area contributed by atoms with Crippen LogP contribution in [0.1, 0.15) is 18.3 Å². The summed E-state index contributed by atoms with van der Waals surface area (Å²) in [7, 11) is 3.95. The number of aryl methyl sites for hydroxylation is 1. The van der Waals surface area contributed by atoms with E-state index in [2.05, 4.69) is 39.5 Å². The number of pyridine rings is 1. The Labute approximate surface area is 129 Å². The Bertz CT molecular complexity index is 821. The molecule has 1 aliphatic rings. The first kappa shape index (κ1) is 13.7. The first-order valence-electron chi connectivity index (χ1n) is 7.71. The SMILES string of the molecule is COC1CN(C)CCC1n1c(C)nc2cnc3[nH]ccc3c21. The van der Waals surface area contributed by atoms with Crippen molar-refractivity contribution < 1.29 is 4.74 Å². The fourth-order valence-electron chi connectivity index (χ4n) is 3.70. The average molecular weight is 299 g/mol. The molecule has 0 amide bonds. The third-order valence-corrected chi connectivity index (χ3v) is 4.77. The largest absolute Gasteiger partial charge is 0.378 e. The molecule has 2 atom stereocenters. The molecular weight excluding hydrogens is 278 g/mol. The van der Waals surface area contributed by atoms with Crippen LogP contribution in [0.5, 0.6) is 0 Å². The van der Waals surface area contributed by atoms with Crippen molar-refractivity contribution in [3.63, 3.8) is 0 Å². The van der Waals surface area contributed by atoms with Crippen LogP contribution in [0.2, 0.25) is 0 Å². The van der Waals surface area contributed by atoms with Gasteiger partial charge in [0.2, 0.25) is 0 Å². The zero-order valence-corrected chi connectivity index (χ0v) is 13.2. The zero-order valence-electron chi connectivity index (χ0n) is 13.2. The summed E-state index contributed by atoms with van der Waals surface area (Å²) in [5.41, 5.74) is 3.04. The highest BCUT2D eigenvalue weighted by Gasteiger charge is 2.31. The average Bonchev–Trinajstić information content (AvgIpc) is 3.10. The molecule has 0 aliphatic carbocycles. The van der Waals surface area contributed by atoms with Crippen LogP contribution in [-0.4, -0.2) is 57.8 Å². The molecule has 1 fully saturated rings. The zero-order chi connectivity index (χ0) is 15.3. The number of rotatable bonds is 2. The van der Waals surface area contributed by atoms with Crippen molar-refractivity contribution in [3.05, 3.63) is 24.3 Å². The number of methoxy groups -OCH3 is 1. The number of aromatic nitrogens is 4. The summed E-state index contributed by atoms with van der Waals surface area (Å²) < 4.78 is 8.14. The molecule has 3 aromatic heterocycles. The van der Waals surface area contributed by atoms with Gasteiger partial charge in [-0.2, -0.15) is 0 Å². The van der Waals surface area contributed by atoms with E-state index in [4.69, 9.17) is 9.72 Å². The number of ether oxygens (including phenoxy) is 1. The number of H-pyrrole nitrogens is 1. The van der Waals surface area contributed by atoms with Crippen molar-refractivity contribution in [1.82, 2.24) is 24.4 Å². The Morgan fingerprint density at radius 1 is 1.41 bits per heavy atom. The number of fused-ring (bicyclic) bond motifs is 3. The lowest BCUT2D eigenvalue weighted by molar-refractivity contribution is 0.00262. The van der Waals surface area contributed by atoms with E-state index in [1.807, 2.05) is 12.4 Å². The van der Waals surface area contributed by atoms with Gasteiger partial charge in [-0.3, -0.25) is 0 Å². The number of piperidine rings is 1. The van der Waals surface area contributed by atoms with Gasteiger partial charge in [0.25, 0.3) is 0 Å². The maximum absolute atomic E-state index is 5.78. The summed E-state index contributed by atoms with van der Waals surface area (Å²) in [5.74, 6) is 1.03. The molecule has 3 aromatic rings. The number of hydrogen-bond acceptors (Lipinski definition) is 4. The molecule has 116 valence electrons. The maximum atomic E-state index is 5.78. The van der Waals surface area contributed by atoms with Crippen LogP contribution in [0.15, 0.2) is 18.5 Å². The molecule has 2 unspecified atom stereocenters. The van der Waals surface area contributed by atoms with Crippen LogP contribution < -0.4 is 0 Å². The topological polar surface area (TPSA) is 59.0 Å². The molecule has 4 heterocycles. The van der Waals surface area contributed by atoms with Gasteiger partial charge in [0, 0.05) is 31.8 Å². The first-order valence-corrected chi connectivity index (χ1v) is 7.71. The smallest absolute Gasteiger partial charge is 0.139 e. The minimum absolute atomic E-state index is 0.178. The van der Waals surface area contributed by atoms with E-state index in [0.717, 1.165) is 41.9 Å². The van der Waals surface area contributed by atoms with E-state index in [9.17, 15) is 0 Å². The van der Waals surface area contributed by atoms with E-state index in [1.54, 1.807) is 7.11 Å². The van der Waals surface area contributed by atoms with Crippen LogP contribution in [0, 0.1) is 6.92 Å². The van der Waals surface area contributed by atoms with Crippen LogP contribution in [0.3, 0.4) is 0 Å². The Balaban J connectivity index is 1.93. The second-order valence-corrected chi connectivity index (χ2v) is 6.15. The van der Waals surface area contributed by atoms with Crippen molar-refractivity contribution >= 4 is 22.1 Å². The highest BCUT2D eigenvalue weighted by atomic mass is 16.5. The van der Waals surface area contributed by atoms with Crippen LogP contribution in [0.4, 0.5) is 0 Å². The number of aromatic amines is 1. The number of nitrogens with zero attached hydrogens (tertiary/aromatic N) is 4. The van der Waals surface area contributed by atoms with E-state index in [1.165, 1.54) is 5.52 Å². The normalized spacial score (nSPS) is 23.6. The van der Waals surface area contributed by atoms with Gasteiger partial charge in [0.05, 0.1) is 23.9 Å². The number of imidazole rings is 1. The summed E-state index contributed by atoms with van der Waals surface area (Å²) in [6.45, 7) is 4.09. The van der Waals surface area contributed by atoms with Gasteiger partial charge >= 0.3 is 0 Å². The molecule has 6 heteroatoms. The minimum Gasteiger partial charge on any atom is -0.378 e. The molecule has 1 N–H and O–H groups in total. The highest BCUT2D eigenvalue weighted by molar-refractivity contribution is 6.01. The fraction of sp³-hybridized carbons (Fsp3) is 0.500. The van der Waals surface area contributed by atoms with Gasteiger partial charge in [-0.15, -0.1) is 0 Å². The molecule has 22 heavy (non-hydrogen) atoms.